The van der Waals surface area contributed by atoms with Crippen molar-refractivity contribution in [1.29, 1.82) is 0 Å². The first-order valence-electron chi connectivity index (χ1n) is 5.54. The number of carboxylic acid groups (broad SMARTS) is 1. The molecule has 0 aromatic carbocycles. The van der Waals surface area contributed by atoms with E-state index in [4.69, 9.17) is 5.11 Å². The van der Waals surface area contributed by atoms with Gasteiger partial charge in [0.05, 0.1) is 6.20 Å². The van der Waals surface area contributed by atoms with E-state index in [0.29, 0.717) is 25.8 Å². The Bertz CT molecular complexity index is 387. The molecule has 1 amide bonds. The maximum absolute atomic E-state index is 11.4. The van der Waals surface area contributed by atoms with Gasteiger partial charge in [-0.1, -0.05) is 0 Å². The van der Waals surface area contributed by atoms with Crippen LogP contribution in [0.1, 0.15) is 24.8 Å². The molecule has 1 aromatic heterocycles. The minimum absolute atomic E-state index is 0.0563. The Balaban J connectivity index is 2.11. The third-order valence-corrected chi connectivity index (χ3v) is 2.29. The number of nitrogens with one attached hydrogen (secondary N) is 1. The molecule has 0 aliphatic heterocycles. The molecule has 0 spiro atoms. The van der Waals surface area contributed by atoms with E-state index >= 15 is 0 Å². The topological polar surface area (TPSA) is 84.2 Å². The van der Waals surface area contributed by atoms with Gasteiger partial charge >= 0.3 is 5.97 Å². The maximum atomic E-state index is 11.4. The highest BCUT2D eigenvalue weighted by Gasteiger charge is 2.03. The average Bonchev–Trinajstić information content (AvgIpc) is 2.67. The molecule has 0 radical (unpaired) electrons. The molecule has 94 valence electrons. The minimum Gasteiger partial charge on any atom is -0.481 e. The van der Waals surface area contributed by atoms with Crippen LogP contribution >= 0.6 is 0 Å². The Kier molecular flexibility index (Phi) is 5.19. The molecule has 0 saturated carbocycles. The molecule has 0 aliphatic carbocycles. The van der Waals surface area contributed by atoms with Crippen LogP contribution in [-0.4, -0.2) is 33.3 Å². The monoisotopic (exact) mass is 239 g/mol. The van der Waals surface area contributed by atoms with Crippen LogP contribution in [0.15, 0.2) is 12.4 Å². The maximum Gasteiger partial charge on any atom is 0.303 e. The van der Waals surface area contributed by atoms with Crippen LogP contribution in [0.3, 0.4) is 0 Å². The van der Waals surface area contributed by atoms with Gasteiger partial charge in [0.15, 0.2) is 0 Å². The zero-order valence-corrected chi connectivity index (χ0v) is 9.85. The van der Waals surface area contributed by atoms with E-state index in [9.17, 15) is 9.59 Å². The highest BCUT2D eigenvalue weighted by Crippen LogP contribution is 2.00. The number of carbonyl (C=O) groups excluding carboxylic acids is 1. The van der Waals surface area contributed by atoms with Gasteiger partial charge in [0.25, 0.3) is 0 Å². The molecule has 6 nitrogen and oxygen atoms in total. The lowest BCUT2D eigenvalue weighted by Crippen LogP contribution is -2.25. The van der Waals surface area contributed by atoms with Gasteiger partial charge in [-0.15, -0.1) is 0 Å². The summed E-state index contributed by atoms with van der Waals surface area (Å²) in [6.45, 7) is 0.415. The summed E-state index contributed by atoms with van der Waals surface area (Å²) < 4.78 is 1.69. The summed E-state index contributed by atoms with van der Waals surface area (Å²) in [5, 5.41) is 15.1. The molecule has 17 heavy (non-hydrogen) atoms. The summed E-state index contributed by atoms with van der Waals surface area (Å²) in [5.74, 6) is -0.895. The molecule has 1 aromatic rings. The van der Waals surface area contributed by atoms with E-state index in [1.807, 2.05) is 13.2 Å². The normalized spacial score (nSPS) is 10.2. The number of hydrogen-bond acceptors (Lipinski definition) is 3. The summed E-state index contributed by atoms with van der Waals surface area (Å²) >= 11 is 0. The molecule has 0 aliphatic rings. The third-order valence-electron chi connectivity index (χ3n) is 2.29. The molecule has 1 rings (SSSR count). The first-order chi connectivity index (χ1) is 8.08. The fraction of sp³-hybridized carbons (Fsp3) is 0.545. The first kappa shape index (κ1) is 13.2. The molecule has 0 saturated heterocycles. The highest BCUT2D eigenvalue weighted by atomic mass is 16.4. The Labute approximate surface area is 99.6 Å². The van der Waals surface area contributed by atoms with Gasteiger partial charge in [0, 0.05) is 32.6 Å². The van der Waals surface area contributed by atoms with Crippen LogP contribution in [-0.2, 0) is 23.1 Å². The van der Waals surface area contributed by atoms with Gasteiger partial charge in [0.2, 0.25) is 5.91 Å². The summed E-state index contributed by atoms with van der Waals surface area (Å²) in [6.07, 6.45) is 5.21. The van der Waals surface area contributed by atoms with Gasteiger partial charge < -0.3 is 10.4 Å². The quantitative estimate of drug-likeness (QED) is 0.672. The number of hydrogen-bond donors (Lipinski definition) is 2. The average molecular weight is 239 g/mol. The molecule has 0 bridgehead atoms. The number of nitrogens with zero attached hydrogens (tertiary/aromatic N) is 2. The number of aromatic nitrogens is 2. The van der Waals surface area contributed by atoms with E-state index in [2.05, 4.69) is 10.4 Å². The predicted octanol–water partition coefficient (Wildman–Crippen LogP) is 0.334. The fourth-order valence-corrected chi connectivity index (χ4v) is 1.41. The lowest BCUT2D eigenvalue weighted by Gasteiger charge is -2.02. The third kappa shape index (κ3) is 5.70. The summed E-state index contributed by atoms with van der Waals surface area (Å²) in [4.78, 5) is 21.6. The van der Waals surface area contributed by atoms with Crippen LogP contribution in [0.4, 0.5) is 0 Å². The van der Waals surface area contributed by atoms with Gasteiger partial charge in [-0.25, -0.2) is 0 Å². The Morgan fingerprint density at radius 2 is 2.24 bits per heavy atom. The van der Waals surface area contributed by atoms with Crippen molar-refractivity contribution in [3.8, 4) is 0 Å². The van der Waals surface area contributed by atoms with Crippen LogP contribution in [0.25, 0.3) is 0 Å². The van der Waals surface area contributed by atoms with Crippen molar-refractivity contribution in [2.24, 2.45) is 7.05 Å². The first-order valence-corrected chi connectivity index (χ1v) is 5.54. The largest absolute Gasteiger partial charge is 0.481 e. The van der Waals surface area contributed by atoms with Crippen LogP contribution in [0.5, 0.6) is 0 Å². The van der Waals surface area contributed by atoms with Crippen molar-refractivity contribution in [1.82, 2.24) is 15.1 Å². The van der Waals surface area contributed by atoms with Crippen LogP contribution < -0.4 is 5.32 Å². The van der Waals surface area contributed by atoms with Crippen LogP contribution in [0.2, 0.25) is 0 Å². The molecular formula is C11H17N3O3. The minimum atomic E-state index is -0.838. The second kappa shape index (κ2) is 6.67. The Hall–Kier alpha value is -1.85. The number of aliphatic carboxylic acids is 1. The summed E-state index contributed by atoms with van der Waals surface area (Å²) in [5.41, 5.74) is 1.02. The lowest BCUT2D eigenvalue weighted by molar-refractivity contribution is -0.137. The molecule has 6 heteroatoms. The highest BCUT2D eigenvalue weighted by molar-refractivity contribution is 5.76. The second-order valence-electron chi connectivity index (χ2n) is 3.87. The zero-order chi connectivity index (χ0) is 12.7. The van der Waals surface area contributed by atoms with Crippen molar-refractivity contribution < 1.29 is 14.7 Å². The smallest absolute Gasteiger partial charge is 0.303 e. The van der Waals surface area contributed by atoms with Gasteiger partial charge in [-0.05, 0) is 18.4 Å². The van der Waals surface area contributed by atoms with Gasteiger partial charge in [0.1, 0.15) is 0 Å². The van der Waals surface area contributed by atoms with Crippen molar-refractivity contribution in [2.75, 3.05) is 6.54 Å². The zero-order valence-electron chi connectivity index (χ0n) is 9.85. The van der Waals surface area contributed by atoms with Crippen molar-refractivity contribution in [2.45, 2.75) is 25.7 Å². The van der Waals surface area contributed by atoms with Gasteiger partial charge in [-0.3, -0.25) is 14.3 Å². The molecule has 1 heterocycles. The lowest BCUT2D eigenvalue weighted by atomic mass is 10.2. The van der Waals surface area contributed by atoms with E-state index in [1.54, 1.807) is 10.9 Å². The Morgan fingerprint density at radius 3 is 2.82 bits per heavy atom. The molecule has 2 N–H and O–H groups in total. The van der Waals surface area contributed by atoms with Gasteiger partial charge in [-0.2, -0.15) is 5.10 Å². The molecular weight excluding hydrogens is 222 g/mol. The number of amides is 1. The predicted molar refractivity (Wildman–Crippen MR) is 61.4 cm³/mol. The van der Waals surface area contributed by atoms with Crippen molar-refractivity contribution in [3.63, 3.8) is 0 Å². The molecule has 0 atom stereocenters. The fourth-order valence-electron chi connectivity index (χ4n) is 1.41. The van der Waals surface area contributed by atoms with E-state index in [-0.39, 0.29) is 12.3 Å². The SMILES string of the molecule is Cn1cc(CCC(=O)NCCCC(=O)O)cn1. The van der Waals surface area contributed by atoms with Crippen LogP contribution in [0, 0.1) is 0 Å². The molecule has 0 unspecified atom stereocenters. The summed E-state index contributed by atoms with van der Waals surface area (Å²) in [6, 6.07) is 0. The van der Waals surface area contributed by atoms with E-state index in [1.165, 1.54) is 0 Å². The number of rotatable bonds is 7. The number of aryl methyl sites for hydroxylation is 2. The number of carboxylic acids is 1. The Morgan fingerprint density at radius 1 is 1.47 bits per heavy atom. The summed E-state index contributed by atoms with van der Waals surface area (Å²) in [7, 11) is 1.83. The van der Waals surface area contributed by atoms with E-state index in [0.717, 1.165) is 5.56 Å². The standard InChI is InChI=1S/C11H17N3O3/c1-14-8-9(7-13-14)4-5-10(15)12-6-2-3-11(16)17/h7-8H,2-6H2,1H3,(H,12,15)(H,16,17). The van der Waals surface area contributed by atoms with Crippen molar-refractivity contribution in [3.05, 3.63) is 18.0 Å². The molecule has 0 fully saturated rings. The van der Waals surface area contributed by atoms with E-state index < -0.39 is 5.97 Å². The van der Waals surface area contributed by atoms with Crippen molar-refractivity contribution >= 4 is 11.9 Å². The number of carbonyl (C=O) groups is 2. The second-order valence-corrected chi connectivity index (χ2v) is 3.87.